The molecule has 0 N–H and O–H groups in total. The molecule has 0 saturated carbocycles. The maximum atomic E-state index is 12.7. The number of nitrogens with zero attached hydrogens (tertiary/aromatic N) is 2. The molecular weight excluding hydrogens is 362 g/mol. The van der Waals surface area contributed by atoms with Crippen molar-refractivity contribution in [2.24, 2.45) is 0 Å². The Balaban J connectivity index is 2.70. The Kier molecular flexibility index (Phi) is 4.37. The minimum atomic E-state index is -4.78. The lowest BCUT2D eigenvalue weighted by Gasteiger charge is -2.14. The van der Waals surface area contributed by atoms with E-state index in [1.165, 1.54) is 6.07 Å². The minimum Gasteiger partial charge on any atom is -0.281 e. The summed E-state index contributed by atoms with van der Waals surface area (Å²) in [5.74, 6) is 0. The SMILES string of the molecule is N#Cc1cc(C(F)(F)F)cc(Cl)c1-n1ccc(C(F)(F)F)cc1=O. The van der Waals surface area contributed by atoms with Gasteiger partial charge in [0.1, 0.15) is 6.07 Å². The van der Waals surface area contributed by atoms with Crippen molar-refractivity contribution < 1.29 is 26.3 Å². The first-order valence-electron chi connectivity index (χ1n) is 6.06. The summed E-state index contributed by atoms with van der Waals surface area (Å²) in [6.07, 6.45) is -8.85. The summed E-state index contributed by atoms with van der Waals surface area (Å²) < 4.78 is 76.4. The van der Waals surface area contributed by atoms with Gasteiger partial charge in [0, 0.05) is 12.3 Å². The lowest BCUT2D eigenvalue weighted by Crippen LogP contribution is -2.21. The van der Waals surface area contributed by atoms with E-state index in [4.69, 9.17) is 16.9 Å². The van der Waals surface area contributed by atoms with E-state index in [0.29, 0.717) is 29.0 Å². The average Bonchev–Trinajstić information content (AvgIpc) is 2.45. The first kappa shape index (κ1) is 17.9. The zero-order valence-electron chi connectivity index (χ0n) is 11.3. The standard InChI is InChI=1S/C14H5ClF6N2O/c15-10-4-9(14(19,20)21)3-7(6-22)12(10)23-2-1-8(5-11(23)24)13(16,17)18/h1-5H. The molecule has 0 bridgehead atoms. The number of benzene rings is 1. The largest absolute Gasteiger partial charge is 0.416 e. The Labute approximate surface area is 135 Å². The van der Waals surface area contributed by atoms with Gasteiger partial charge in [0.05, 0.1) is 27.4 Å². The molecule has 0 aliphatic heterocycles. The van der Waals surface area contributed by atoms with Gasteiger partial charge in [-0.05, 0) is 18.2 Å². The Bertz CT molecular complexity index is 892. The fourth-order valence-electron chi connectivity index (χ4n) is 1.93. The van der Waals surface area contributed by atoms with Crippen LogP contribution in [0.15, 0.2) is 35.3 Å². The van der Waals surface area contributed by atoms with Crippen LogP contribution in [-0.2, 0) is 12.4 Å². The Morgan fingerprint density at radius 3 is 2.04 bits per heavy atom. The Hall–Kier alpha value is -2.47. The lowest BCUT2D eigenvalue weighted by molar-refractivity contribution is -0.138. The first-order valence-corrected chi connectivity index (χ1v) is 6.44. The maximum absolute atomic E-state index is 12.7. The summed E-state index contributed by atoms with van der Waals surface area (Å²) in [5.41, 5.74) is -4.66. The molecule has 0 aliphatic rings. The Morgan fingerprint density at radius 1 is 1.00 bits per heavy atom. The van der Waals surface area contributed by atoms with Crippen molar-refractivity contribution in [2.45, 2.75) is 12.4 Å². The first-order chi connectivity index (χ1) is 10.9. The molecule has 0 spiro atoms. The van der Waals surface area contributed by atoms with Crippen molar-refractivity contribution in [1.29, 1.82) is 5.26 Å². The van der Waals surface area contributed by atoms with E-state index in [1.54, 1.807) is 0 Å². The van der Waals surface area contributed by atoms with Gasteiger partial charge >= 0.3 is 12.4 Å². The zero-order chi connectivity index (χ0) is 18.3. The molecule has 1 aromatic carbocycles. The smallest absolute Gasteiger partial charge is 0.281 e. The van der Waals surface area contributed by atoms with Crippen LogP contribution in [0.1, 0.15) is 16.7 Å². The Morgan fingerprint density at radius 2 is 1.58 bits per heavy atom. The monoisotopic (exact) mass is 366 g/mol. The summed E-state index contributed by atoms with van der Waals surface area (Å²) in [7, 11) is 0. The van der Waals surface area contributed by atoms with Crippen molar-refractivity contribution in [3.63, 3.8) is 0 Å². The zero-order valence-corrected chi connectivity index (χ0v) is 12.1. The second-order valence-corrected chi connectivity index (χ2v) is 4.99. The molecule has 1 heterocycles. The molecule has 2 aromatic rings. The van der Waals surface area contributed by atoms with Gasteiger partial charge in [-0.2, -0.15) is 31.6 Å². The average molecular weight is 367 g/mol. The van der Waals surface area contributed by atoms with Gasteiger partial charge in [-0.1, -0.05) is 11.6 Å². The summed E-state index contributed by atoms with van der Waals surface area (Å²) in [6, 6.07) is 3.22. The van der Waals surface area contributed by atoms with Crippen molar-refractivity contribution >= 4 is 11.6 Å². The topological polar surface area (TPSA) is 45.8 Å². The van der Waals surface area contributed by atoms with E-state index in [-0.39, 0.29) is 6.07 Å². The third kappa shape index (κ3) is 3.38. The second kappa shape index (κ2) is 5.87. The number of pyridine rings is 1. The van der Waals surface area contributed by atoms with E-state index in [1.807, 2.05) is 0 Å². The van der Waals surface area contributed by atoms with Crippen LogP contribution in [0.5, 0.6) is 0 Å². The highest BCUT2D eigenvalue weighted by Crippen LogP contribution is 2.35. The minimum absolute atomic E-state index is 0.259. The molecule has 0 atom stereocenters. The molecule has 3 nitrogen and oxygen atoms in total. The molecular formula is C14H5ClF6N2O. The predicted octanol–water partition coefficient (Wildman–Crippen LogP) is 4.40. The molecule has 1 aromatic heterocycles. The van der Waals surface area contributed by atoms with Crippen LogP contribution >= 0.6 is 11.6 Å². The number of nitriles is 1. The highest BCUT2D eigenvalue weighted by atomic mass is 35.5. The molecule has 0 fully saturated rings. The van der Waals surface area contributed by atoms with E-state index in [0.717, 1.165) is 0 Å². The molecule has 24 heavy (non-hydrogen) atoms. The number of alkyl halides is 6. The van der Waals surface area contributed by atoms with Crippen LogP contribution in [0.3, 0.4) is 0 Å². The lowest BCUT2D eigenvalue weighted by atomic mass is 10.1. The number of hydrogen-bond donors (Lipinski definition) is 0. The molecule has 2 rings (SSSR count). The fourth-order valence-corrected chi connectivity index (χ4v) is 2.24. The van der Waals surface area contributed by atoms with Gasteiger partial charge < -0.3 is 0 Å². The van der Waals surface area contributed by atoms with Crippen LogP contribution in [0.2, 0.25) is 5.02 Å². The predicted molar refractivity (Wildman–Crippen MR) is 71.8 cm³/mol. The van der Waals surface area contributed by atoms with E-state index < -0.39 is 45.3 Å². The molecule has 126 valence electrons. The number of rotatable bonds is 1. The normalized spacial score (nSPS) is 12.1. The van der Waals surface area contributed by atoms with Crippen LogP contribution in [0.4, 0.5) is 26.3 Å². The number of hydrogen-bond acceptors (Lipinski definition) is 2. The summed E-state index contributed by atoms with van der Waals surface area (Å²) >= 11 is 5.72. The van der Waals surface area contributed by atoms with Gasteiger partial charge in [0.25, 0.3) is 5.56 Å². The highest BCUT2D eigenvalue weighted by Gasteiger charge is 2.33. The van der Waals surface area contributed by atoms with E-state index in [9.17, 15) is 31.1 Å². The number of halogens is 7. The summed E-state index contributed by atoms with van der Waals surface area (Å²) in [6.45, 7) is 0. The number of aromatic nitrogens is 1. The van der Waals surface area contributed by atoms with Crippen LogP contribution in [0.25, 0.3) is 5.69 Å². The molecule has 0 unspecified atom stereocenters. The van der Waals surface area contributed by atoms with Gasteiger partial charge in [-0.15, -0.1) is 0 Å². The summed E-state index contributed by atoms with van der Waals surface area (Å²) in [5, 5.41) is 8.40. The molecule has 0 saturated heterocycles. The third-order valence-corrected chi connectivity index (χ3v) is 3.29. The third-order valence-electron chi connectivity index (χ3n) is 3.00. The fraction of sp³-hybridized carbons (Fsp3) is 0.143. The quantitative estimate of drug-likeness (QED) is 0.702. The van der Waals surface area contributed by atoms with Gasteiger partial charge in [0.15, 0.2) is 0 Å². The van der Waals surface area contributed by atoms with Gasteiger partial charge in [0.2, 0.25) is 0 Å². The highest BCUT2D eigenvalue weighted by molar-refractivity contribution is 6.32. The van der Waals surface area contributed by atoms with Crippen molar-refractivity contribution in [3.8, 4) is 11.8 Å². The molecule has 0 amide bonds. The van der Waals surface area contributed by atoms with Gasteiger partial charge in [-0.3, -0.25) is 9.36 Å². The van der Waals surface area contributed by atoms with E-state index in [2.05, 4.69) is 0 Å². The van der Waals surface area contributed by atoms with E-state index >= 15 is 0 Å². The van der Waals surface area contributed by atoms with Crippen LogP contribution < -0.4 is 5.56 Å². The van der Waals surface area contributed by atoms with Crippen LogP contribution in [-0.4, -0.2) is 4.57 Å². The van der Waals surface area contributed by atoms with Crippen molar-refractivity contribution in [1.82, 2.24) is 4.57 Å². The van der Waals surface area contributed by atoms with Gasteiger partial charge in [-0.25, -0.2) is 0 Å². The molecule has 0 radical (unpaired) electrons. The molecule has 10 heteroatoms. The molecule has 0 aliphatic carbocycles. The van der Waals surface area contributed by atoms with Crippen LogP contribution in [0, 0.1) is 11.3 Å². The van der Waals surface area contributed by atoms with Crippen molar-refractivity contribution in [2.75, 3.05) is 0 Å². The van der Waals surface area contributed by atoms with Crippen molar-refractivity contribution in [3.05, 3.63) is 62.5 Å². The summed E-state index contributed by atoms with van der Waals surface area (Å²) in [4.78, 5) is 11.9. The maximum Gasteiger partial charge on any atom is 0.416 e. The second-order valence-electron chi connectivity index (χ2n) is 4.59.